The highest BCUT2D eigenvalue weighted by Gasteiger charge is 2.38. The predicted octanol–water partition coefficient (Wildman–Crippen LogP) is 6.77. The number of carboxylic acid groups (broad SMARTS) is 1. The van der Waals surface area contributed by atoms with Gasteiger partial charge in [-0.1, -0.05) is 18.8 Å². The fraction of sp³-hybridized carbons (Fsp3) is 0.697. The van der Waals surface area contributed by atoms with Gasteiger partial charge in [0, 0.05) is 17.4 Å². The van der Waals surface area contributed by atoms with Crippen LogP contribution >= 0.6 is 11.3 Å². The van der Waals surface area contributed by atoms with Gasteiger partial charge in [0.05, 0.1) is 10.6 Å². The van der Waals surface area contributed by atoms with Crippen molar-refractivity contribution in [3.63, 3.8) is 0 Å². The van der Waals surface area contributed by atoms with Crippen LogP contribution in [0.25, 0.3) is 0 Å². The van der Waals surface area contributed by atoms with Crippen molar-refractivity contribution >= 4 is 41.0 Å². The van der Waals surface area contributed by atoms with Gasteiger partial charge in [0.25, 0.3) is 0 Å². The van der Waals surface area contributed by atoms with E-state index < -0.39 is 29.7 Å². The Morgan fingerprint density at radius 2 is 1.60 bits per heavy atom. The molecule has 2 amide bonds. The monoisotopic (exact) mass is 616 g/mol. The summed E-state index contributed by atoms with van der Waals surface area (Å²) in [5.41, 5.74) is -0.527. The summed E-state index contributed by atoms with van der Waals surface area (Å²) < 4.78 is 10.9. The van der Waals surface area contributed by atoms with Crippen molar-refractivity contribution in [2.45, 2.75) is 131 Å². The third kappa shape index (κ3) is 10.3. The molecular weight excluding hydrogens is 568 g/mol. The number of carbonyl (C=O) groups is 4. The van der Waals surface area contributed by atoms with Crippen LogP contribution in [-0.2, 0) is 19.1 Å². The van der Waals surface area contributed by atoms with Crippen LogP contribution in [0.3, 0.4) is 0 Å². The van der Waals surface area contributed by atoms with Crippen LogP contribution in [0.4, 0.5) is 10.5 Å². The van der Waals surface area contributed by atoms with Gasteiger partial charge in [-0.25, -0.2) is 14.4 Å². The van der Waals surface area contributed by atoms with E-state index in [-0.39, 0.29) is 34.3 Å². The fourth-order valence-corrected chi connectivity index (χ4v) is 6.30. The Hall–Kier alpha value is -3.06. The average Bonchev–Trinajstić information content (AvgIpc) is 3.31. The number of alkyl carbamates (subject to hydrolysis) is 1. The topological polar surface area (TPSA) is 122 Å². The zero-order valence-electron chi connectivity index (χ0n) is 26.9. The Morgan fingerprint density at radius 1 is 1.00 bits per heavy atom. The predicted molar refractivity (Wildman–Crippen MR) is 167 cm³/mol. The number of esters is 1. The Kier molecular flexibility index (Phi) is 11.3. The highest BCUT2D eigenvalue weighted by Crippen LogP contribution is 2.39. The number of rotatable bonds is 7. The molecule has 0 aliphatic heterocycles. The minimum atomic E-state index is -1.08. The van der Waals surface area contributed by atoms with Gasteiger partial charge < -0.3 is 24.8 Å². The molecule has 0 spiro atoms. The lowest BCUT2D eigenvalue weighted by atomic mass is 9.81. The fourth-order valence-electron chi connectivity index (χ4n) is 5.45. The van der Waals surface area contributed by atoms with Crippen molar-refractivity contribution in [2.24, 2.45) is 17.3 Å². The number of nitrogens with zero attached hydrogens (tertiary/aromatic N) is 1. The first-order chi connectivity index (χ1) is 19.9. The molecule has 0 aromatic carbocycles. The molecule has 3 rings (SSSR count). The first-order valence-electron chi connectivity index (χ1n) is 15.4. The molecule has 43 heavy (non-hydrogen) atoms. The van der Waals surface area contributed by atoms with E-state index in [0.717, 1.165) is 37.0 Å². The van der Waals surface area contributed by atoms with Crippen molar-refractivity contribution in [3.8, 4) is 11.8 Å². The smallest absolute Gasteiger partial charge is 0.408 e. The number of thiophene rings is 1. The molecule has 1 aromatic rings. The maximum Gasteiger partial charge on any atom is 0.408 e. The van der Waals surface area contributed by atoms with E-state index in [2.05, 4.69) is 24.1 Å². The molecule has 0 radical (unpaired) electrons. The molecule has 10 heteroatoms. The van der Waals surface area contributed by atoms with Crippen LogP contribution in [0.15, 0.2) is 6.07 Å². The average molecular weight is 617 g/mol. The highest BCUT2D eigenvalue weighted by atomic mass is 32.1. The van der Waals surface area contributed by atoms with Crippen LogP contribution in [0.1, 0.15) is 121 Å². The van der Waals surface area contributed by atoms with E-state index in [0.29, 0.717) is 42.2 Å². The second kappa shape index (κ2) is 14.1. The Labute approximate surface area is 260 Å². The number of aromatic carboxylic acids is 1. The number of amides is 2. The number of carboxylic acids is 1. The number of nitrogens with one attached hydrogen (secondary N) is 1. The lowest BCUT2D eigenvalue weighted by Crippen LogP contribution is -2.48. The zero-order chi connectivity index (χ0) is 32.1. The van der Waals surface area contributed by atoms with E-state index >= 15 is 0 Å². The van der Waals surface area contributed by atoms with E-state index in [4.69, 9.17) is 9.47 Å². The molecule has 1 aromatic heterocycles. The SMILES string of the molecule is C[C@@H](NC(=O)OC(C)(C)C)C(=O)O[C@H]1CC[C@H](N(c2cc(C#CC(C)(C)C)sc2C(=O)O)C(=O)[C@H]2CC[C@H](C)CC2)CC1. The second-order valence-electron chi connectivity index (χ2n) is 14.0. The van der Waals surface area contributed by atoms with Crippen LogP contribution in [0.5, 0.6) is 0 Å². The summed E-state index contributed by atoms with van der Waals surface area (Å²) in [5, 5.41) is 12.6. The molecule has 2 aliphatic rings. The number of anilines is 1. The summed E-state index contributed by atoms with van der Waals surface area (Å²) in [5.74, 6) is 5.05. The molecule has 0 unspecified atom stereocenters. The summed E-state index contributed by atoms with van der Waals surface area (Å²) in [6.45, 7) is 15.0. The van der Waals surface area contributed by atoms with Crippen molar-refractivity contribution < 1.29 is 33.8 Å². The Bertz CT molecular complexity index is 1230. The molecule has 2 fully saturated rings. The number of ether oxygens (including phenoxy) is 2. The Balaban J connectivity index is 1.78. The standard InChI is InChI=1S/C33H48N2O7S/c1-20-9-11-22(12-10-20)28(36)35(26-19-25(17-18-32(3,4)5)43-27(26)29(37)38)23-13-15-24(16-14-23)41-30(39)21(2)34-31(40)42-33(6,7)8/h19-24H,9-16H2,1-8H3,(H,34,40)(H,37,38)/t20-,21-,22-,23-,24-/m1/s1. The number of hydrogen-bond acceptors (Lipinski definition) is 7. The molecule has 2 N–H and O–H groups in total. The summed E-state index contributed by atoms with van der Waals surface area (Å²) in [7, 11) is 0. The quantitative estimate of drug-likeness (QED) is 0.256. The van der Waals surface area contributed by atoms with E-state index in [1.165, 1.54) is 0 Å². The highest BCUT2D eigenvalue weighted by molar-refractivity contribution is 7.15. The first kappa shape index (κ1) is 34.4. The molecule has 0 saturated heterocycles. The maximum atomic E-state index is 14.1. The molecule has 238 valence electrons. The van der Waals surface area contributed by atoms with E-state index in [1.807, 2.05) is 20.8 Å². The molecule has 2 aliphatic carbocycles. The van der Waals surface area contributed by atoms with Crippen LogP contribution in [-0.4, -0.2) is 52.8 Å². The summed E-state index contributed by atoms with van der Waals surface area (Å²) >= 11 is 1.10. The van der Waals surface area contributed by atoms with Crippen molar-refractivity contribution in [2.75, 3.05) is 4.90 Å². The van der Waals surface area contributed by atoms with Crippen molar-refractivity contribution in [3.05, 3.63) is 15.8 Å². The van der Waals surface area contributed by atoms with Gasteiger partial charge in [0.1, 0.15) is 22.6 Å². The lowest BCUT2D eigenvalue weighted by molar-refractivity contribution is -0.152. The summed E-state index contributed by atoms with van der Waals surface area (Å²) in [6, 6.07) is 0.651. The number of carbonyl (C=O) groups excluding carboxylic acids is 3. The molecule has 2 saturated carbocycles. The van der Waals surface area contributed by atoms with Gasteiger partial charge >= 0.3 is 18.0 Å². The third-order valence-corrected chi connectivity index (χ3v) is 8.74. The van der Waals surface area contributed by atoms with Gasteiger partial charge in [-0.2, -0.15) is 0 Å². The molecule has 1 heterocycles. The summed E-state index contributed by atoms with van der Waals surface area (Å²) in [4.78, 5) is 53.7. The van der Waals surface area contributed by atoms with Crippen molar-refractivity contribution in [1.29, 1.82) is 0 Å². The zero-order valence-corrected chi connectivity index (χ0v) is 27.7. The molecule has 9 nitrogen and oxygen atoms in total. The van der Waals surface area contributed by atoms with Gasteiger partial charge in [-0.05, 0) is 112 Å². The van der Waals surface area contributed by atoms with E-state index in [9.17, 15) is 24.3 Å². The lowest BCUT2D eigenvalue weighted by Gasteiger charge is -2.39. The van der Waals surface area contributed by atoms with Crippen LogP contribution in [0.2, 0.25) is 0 Å². The van der Waals surface area contributed by atoms with Crippen LogP contribution in [0, 0.1) is 29.1 Å². The number of hydrogen-bond donors (Lipinski definition) is 2. The molecular formula is C33H48N2O7S. The van der Waals surface area contributed by atoms with Gasteiger partial charge in [-0.3, -0.25) is 4.79 Å². The Morgan fingerprint density at radius 3 is 2.14 bits per heavy atom. The maximum absolute atomic E-state index is 14.1. The van der Waals surface area contributed by atoms with Crippen molar-refractivity contribution in [1.82, 2.24) is 5.32 Å². The van der Waals surface area contributed by atoms with Gasteiger partial charge in [-0.15, -0.1) is 11.3 Å². The molecule has 1 atom stereocenters. The van der Waals surface area contributed by atoms with Gasteiger partial charge in [0.15, 0.2) is 0 Å². The van der Waals surface area contributed by atoms with Gasteiger partial charge in [0.2, 0.25) is 5.91 Å². The summed E-state index contributed by atoms with van der Waals surface area (Å²) in [6.07, 6.45) is 4.61. The third-order valence-electron chi connectivity index (χ3n) is 7.71. The van der Waals surface area contributed by atoms with Crippen LogP contribution < -0.4 is 10.2 Å². The molecule has 0 bridgehead atoms. The van der Waals surface area contributed by atoms with E-state index in [1.54, 1.807) is 38.7 Å². The largest absolute Gasteiger partial charge is 0.477 e. The normalized spacial score (nSPS) is 23.3. The minimum Gasteiger partial charge on any atom is -0.477 e. The minimum absolute atomic E-state index is 0.0295. The first-order valence-corrected chi connectivity index (χ1v) is 16.2. The second-order valence-corrected chi connectivity index (χ2v) is 15.1.